The molecule has 1 amide bonds. The van der Waals surface area contributed by atoms with Crippen LogP contribution < -0.4 is 5.73 Å². The SMILES string of the molecule is N[C@@H]1C[C@@H](CO)CN(C(=O)C(F)(F)F)C1. The molecule has 15 heavy (non-hydrogen) atoms. The lowest BCUT2D eigenvalue weighted by Gasteiger charge is -2.35. The Balaban J connectivity index is 2.66. The summed E-state index contributed by atoms with van der Waals surface area (Å²) in [6.45, 7) is -0.438. The van der Waals surface area contributed by atoms with E-state index in [9.17, 15) is 18.0 Å². The van der Waals surface area contributed by atoms with Crippen molar-refractivity contribution in [2.75, 3.05) is 19.7 Å². The van der Waals surface area contributed by atoms with E-state index in [1.165, 1.54) is 0 Å². The van der Waals surface area contributed by atoms with Crippen LogP contribution in [0.15, 0.2) is 0 Å². The zero-order valence-electron chi connectivity index (χ0n) is 8.00. The van der Waals surface area contributed by atoms with Gasteiger partial charge in [0.25, 0.3) is 0 Å². The van der Waals surface area contributed by atoms with Gasteiger partial charge in [-0.3, -0.25) is 4.79 Å². The van der Waals surface area contributed by atoms with Gasteiger partial charge in [0.05, 0.1) is 0 Å². The van der Waals surface area contributed by atoms with Gasteiger partial charge < -0.3 is 15.7 Å². The molecule has 7 heteroatoms. The van der Waals surface area contributed by atoms with Crippen molar-refractivity contribution in [2.45, 2.75) is 18.6 Å². The molecule has 1 fully saturated rings. The Kier molecular flexibility index (Phi) is 3.56. The lowest BCUT2D eigenvalue weighted by Crippen LogP contribution is -2.53. The number of hydrogen-bond donors (Lipinski definition) is 2. The van der Waals surface area contributed by atoms with Crippen molar-refractivity contribution in [1.82, 2.24) is 4.90 Å². The number of carbonyl (C=O) groups excluding carboxylic acids is 1. The lowest BCUT2D eigenvalue weighted by atomic mass is 9.95. The molecule has 88 valence electrons. The van der Waals surface area contributed by atoms with Crippen LogP contribution in [0.25, 0.3) is 0 Å². The first-order valence-corrected chi connectivity index (χ1v) is 4.57. The first kappa shape index (κ1) is 12.3. The largest absolute Gasteiger partial charge is 0.471 e. The molecule has 3 N–H and O–H groups in total. The van der Waals surface area contributed by atoms with Gasteiger partial charge in [0, 0.05) is 31.7 Å². The van der Waals surface area contributed by atoms with Gasteiger partial charge in [-0.05, 0) is 6.42 Å². The third-order valence-corrected chi connectivity index (χ3v) is 2.36. The van der Waals surface area contributed by atoms with Gasteiger partial charge in [0.1, 0.15) is 0 Å². The molecule has 1 aliphatic rings. The number of alkyl halides is 3. The minimum atomic E-state index is -4.86. The van der Waals surface area contributed by atoms with Crippen molar-refractivity contribution in [3.63, 3.8) is 0 Å². The van der Waals surface area contributed by atoms with Crippen LogP contribution in [0.4, 0.5) is 13.2 Å². The standard InChI is InChI=1S/C8H13F3N2O2/c9-8(10,11)7(15)13-2-5(4-14)1-6(12)3-13/h5-6,14H,1-4,12H2/t5-,6-/m1/s1. The molecular formula is C8H13F3N2O2. The van der Waals surface area contributed by atoms with Gasteiger partial charge in [-0.1, -0.05) is 0 Å². The molecule has 0 aromatic rings. The molecule has 1 rings (SSSR count). The number of aliphatic hydroxyl groups is 1. The number of nitrogens with two attached hydrogens (primary N) is 1. The van der Waals surface area contributed by atoms with Gasteiger partial charge in [-0.2, -0.15) is 13.2 Å². The van der Waals surface area contributed by atoms with E-state index in [2.05, 4.69) is 0 Å². The van der Waals surface area contributed by atoms with Crippen molar-refractivity contribution in [3.8, 4) is 0 Å². The van der Waals surface area contributed by atoms with E-state index in [0.717, 1.165) is 0 Å². The highest BCUT2D eigenvalue weighted by Gasteiger charge is 2.44. The summed E-state index contributed by atoms with van der Waals surface area (Å²) in [5.74, 6) is -2.24. The monoisotopic (exact) mass is 226 g/mol. The highest BCUT2D eigenvalue weighted by Crippen LogP contribution is 2.23. The van der Waals surface area contributed by atoms with Gasteiger partial charge in [-0.15, -0.1) is 0 Å². The summed E-state index contributed by atoms with van der Waals surface area (Å²) < 4.78 is 36.3. The van der Waals surface area contributed by atoms with Crippen molar-refractivity contribution < 1.29 is 23.1 Å². The zero-order chi connectivity index (χ0) is 11.6. The molecule has 1 aliphatic heterocycles. The third-order valence-electron chi connectivity index (χ3n) is 2.36. The molecule has 0 aromatic heterocycles. The van der Waals surface area contributed by atoms with E-state index < -0.39 is 18.1 Å². The number of amides is 1. The van der Waals surface area contributed by atoms with Gasteiger partial charge in [0.15, 0.2) is 0 Å². The second-order valence-corrected chi connectivity index (χ2v) is 3.75. The number of carbonyl (C=O) groups is 1. The first-order chi connectivity index (χ1) is 6.84. The number of likely N-dealkylation sites (tertiary alicyclic amines) is 1. The average molecular weight is 226 g/mol. The zero-order valence-corrected chi connectivity index (χ0v) is 8.00. The minimum Gasteiger partial charge on any atom is -0.396 e. The Morgan fingerprint density at radius 3 is 2.53 bits per heavy atom. The maximum absolute atomic E-state index is 12.1. The third kappa shape index (κ3) is 3.07. The Bertz CT molecular complexity index is 245. The van der Waals surface area contributed by atoms with E-state index >= 15 is 0 Å². The Hall–Kier alpha value is -0.820. The number of aliphatic hydroxyl groups excluding tert-OH is 1. The maximum atomic E-state index is 12.1. The molecule has 4 nitrogen and oxygen atoms in total. The highest BCUT2D eigenvalue weighted by molar-refractivity contribution is 5.82. The van der Waals surface area contributed by atoms with Crippen LogP contribution in [0.5, 0.6) is 0 Å². The van der Waals surface area contributed by atoms with Crippen LogP contribution in [-0.2, 0) is 4.79 Å². The molecule has 0 spiro atoms. The predicted octanol–water partition coefficient (Wildman–Crippen LogP) is -0.283. The number of nitrogens with zero attached hydrogens (tertiary/aromatic N) is 1. The fraction of sp³-hybridized carbons (Fsp3) is 0.875. The average Bonchev–Trinajstić information content (AvgIpc) is 2.14. The Morgan fingerprint density at radius 2 is 2.07 bits per heavy atom. The van der Waals surface area contributed by atoms with E-state index in [4.69, 9.17) is 10.8 Å². The second kappa shape index (κ2) is 4.36. The molecule has 0 radical (unpaired) electrons. The first-order valence-electron chi connectivity index (χ1n) is 4.57. The molecule has 0 saturated carbocycles. The maximum Gasteiger partial charge on any atom is 0.471 e. The summed E-state index contributed by atoms with van der Waals surface area (Å²) in [5.41, 5.74) is 5.50. The van der Waals surface area contributed by atoms with Crippen LogP contribution in [-0.4, -0.2) is 47.8 Å². The lowest BCUT2D eigenvalue weighted by molar-refractivity contribution is -0.187. The molecule has 0 bridgehead atoms. The van der Waals surface area contributed by atoms with Gasteiger partial charge >= 0.3 is 12.1 Å². The van der Waals surface area contributed by atoms with E-state index in [-0.39, 0.29) is 25.6 Å². The van der Waals surface area contributed by atoms with E-state index in [1.54, 1.807) is 0 Å². The molecule has 1 heterocycles. The minimum absolute atomic E-state index is 0.0808. The summed E-state index contributed by atoms with van der Waals surface area (Å²) in [6, 6.07) is -0.498. The van der Waals surface area contributed by atoms with Crippen molar-refractivity contribution >= 4 is 5.91 Å². The number of piperidine rings is 1. The van der Waals surface area contributed by atoms with Crippen molar-refractivity contribution in [2.24, 2.45) is 11.7 Å². The molecule has 2 atom stereocenters. The fourth-order valence-electron chi connectivity index (χ4n) is 1.72. The Morgan fingerprint density at radius 1 is 1.47 bits per heavy atom. The topological polar surface area (TPSA) is 66.6 Å². The quantitative estimate of drug-likeness (QED) is 0.646. The second-order valence-electron chi connectivity index (χ2n) is 3.75. The fourth-order valence-corrected chi connectivity index (χ4v) is 1.72. The van der Waals surface area contributed by atoms with Crippen LogP contribution in [0, 0.1) is 5.92 Å². The predicted molar refractivity (Wildman–Crippen MR) is 45.8 cm³/mol. The van der Waals surface area contributed by atoms with Crippen molar-refractivity contribution in [3.05, 3.63) is 0 Å². The van der Waals surface area contributed by atoms with Gasteiger partial charge in [0.2, 0.25) is 0 Å². The summed E-state index contributed by atoms with van der Waals surface area (Å²) in [4.78, 5) is 11.6. The summed E-state index contributed by atoms with van der Waals surface area (Å²) in [6.07, 6.45) is -4.42. The molecule has 0 aliphatic carbocycles. The molecule has 1 saturated heterocycles. The molecule has 0 unspecified atom stereocenters. The molecule has 0 aromatic carbocycles. The summed E-state index contributed by atoms with van der Waals surface area (Å²) in [7, 11) is 0. The Labute approximate surface area is 84.8 Å². The highest BCUT2D eigenvalue weighted by atomic mass is 19.4. The number of halogens is 3. The van der Waals surface area contributed by atoms with Crippen LogP contribution in [0.3, 0.4) is 0 Å². The number of hydrogen-bond acceptors (Lipinski definition) is 3. The molecular weight excluding hydrogens is 213 g/mol. The van der Waals surface area contributed by atoms with Crippen molar-refractivity contribution in [1.29, 1.82) is 0 Å². The van der Waals surface area contributed by atoms with Crippen LogP contribution in [0.2, 0.25) is 0 Å². The van der Waals surface area contributed by atoms with E-state index in [1.807, 2.05) is 0 Å². The number of rotatable bonds is 1. The summed E-state index contributed by atoms with van der Waals surface area (Å²) in [5, 5.41) is 8.84. The van der Waals surface area contributed by atoms with E-state index in [0.29, 0.717) is 11.3 Å². The van der Waals surface area contributed by atoms with Gasteiger partial charge in [-0.25, -0.2) is 0 Å². The summed E-state index contributed by atoms with van der Waals surface area (Å²) >= 11 is 0. The van der Waals surface area contributed by atoms with Crippen LogP contribution in [0.1, 0.15) is 6.42 Å². The smallest absolute Gasteiger partial charge is 0.396 e. The normalized spacial score (nSPS) is 27.9. The van der Waals surface area contributed by atoms with Crippen LogP contribution >= 0.6 is 0 Å².